The lowest BCUT2D eigenvalue weighted by atomic mass is 10.1. The number of phenols is 1. The molecule has 25 heavy (non-hydrogen) atoms. The predicted molar refractivity (Wildman–Crippen MR) is 100 cm³/mol. The fourth-order valence-corrected chi connectivity index (χ4v) is 3.04. The molecule has 3 aromatic rings. The first-order chi connectivity index (χ1) is 12.1. The minimum absolute atomic E-state index is 0.0538. The van der Waals surface area contributed by atoms with E-state index in [1.165, 1.54) is 0 Å². The van der Waals surface area contributed by atoms with E-state index in [-0.39, 0.29) is 5.75 Å². The number of rotatable bonds is 5. The molecule has 0 amide bonds. The Bertz CT molecular complexity index is 986. The smallest absolute Gasteiger partial charge is 0.172 e. The van der Waals surface area contributed by atoms with Gasteiger partial charge in [0.2, 0.25) is 0 Å². The Morgan fingerprint density at radius 1 is 1.40 bits per heavy atom. The van der Waals surface area contributed by atoms with E-state index in [2.05, 4.69) is 27.0 Å². The Morgan fingerprint density at radius 2 is 2.20 bits per heavy atom. The van der Waals surface area contributed by atoms with Crippen LogP contribution in [0.4, 0.5) is 0 Å². The van der Waals surface area contributed by atoms with Crippen LogP contribution in [0.1, 0.15) is 12.5 Å². The molecule has 3 rings (SSSR count). The molecule has 1 N–H and O–H groups in total. The lowest BCUT2D eigenvalue weighted by molar-refractivity contribution is 0.317. The number of fused-ring (bicyclic) bond motifs is 1. The minimum Gasteiger partial charge on any atom is -0.503 e. The third kappa shape index (κ3) is 3.67. The molecule has 6 heteroatoms. The molecule has 0 atom stereocenters. The number of nitriles is 1. The third-order valence-electron chi connectivity index (χ3n) is 3.70. The molecule has 0 aliphatic heterocycles. The van der Waals surface area contributed by atoms with Crippen molar-refractivity contribution < 1.29 is 9.84 Å². The Balaban J connectivity index is 1.94. The molecule has 0 fully saturated rings. The number of para-hydroxylation sites is 2. The summed E-state index contributed by atoms with van der Waals surface area (Å²) in [6.45, 7) is 2.71. The fraction of sp³-hybridized carbons (Fsp3) is 0.158. The summed E-state index contributed by atoms with van der Waals surface area (Å²) in [6.07, 6.45) is 3.51. The van der Waals surface area contributed by atoms with Crippen molar-refractivity contribution in [3.8, 4) is 17.6 Å². The second-order valence-corrected chi connectivity index (χ2v) is 6.28. The van der Waals surface area contributed by atoms with E-state index in [1.54, 1.807) is 24.5 Å². The van der Waals surface area contributed by atoms with Crippen LogP contribution in [0.25, 0.3) is 17.1 Å². The largest absolute Gasteiger partial charge is 0.503 e. The quantitative estimate of drug-likeness (QED) is 0.642. The van der Waals surface area contributed by atoms with Gasteiger partial charge in [-0.1, -0.05) is 12.1 Å². The molecule has 0 radical (unpaired) electrons. The van der Waals surface area contributed by atoms with E-state index < -0.39 is 0 Å². The van der Waals surface area contributed by atoms with E-state index in [1.807, 2.05) is 35.8 Å². The molecular weight excluding hydrogens is 382 g/mol. The monoisotopic (exact) mass is 397 g/mol. The Hall–Kier alpha value is -2.78. The van der Waals surface area contributed by atoms with E-state index in [0.717, 1.165) is 16.6 Å². The fourth-order valence-electron chi connectivity index (χ4n) is 2.58. The Labute approximate surface area is 153 Å². The second-order valence-electron chi connectivity index (χ2n) is 5.43. The van der Waals surface area contributed by atoms with Gasteiger partial charge < -0.3 is 14.4 Å². The first-order valence-electron chi connectivity index (χ1n) is 7.78. The zero-order valence-corrected chi connectivity index (χ0v) is 15.2. The molecule has 0 unspecified atom stereocenters. The van der Waals surface area contributed by atoms with Gasteiger partial charge in [-0.15, -0.1) is 0 Å². The maximum absolute atomic E-state index is 10.0. The molecule has 126 valence electrons. The normalized spacial score (nSPS) is 11.5. The molecule has 0 bridgehead atoms. The highest BCUT2D eigenvalue weighted by Crippen LogP contribution is 2.36. The summed E-state index contributed by atoms with van der Waals surface area (Å²) in [4.78, 5) is 4.34. The molecule has 0 spiro atoms. The van der Waals surface area contributed by atoms with Crippen molar-refractivity contribution >= 4 is 33.0 Å². The lowest BCUT2D eigenvalue weighted by Crippen LogP contribution is -1.98. The molecule has 1 heterocycles. The predicted octanol–water partition coefficient (Wildman–Crippen LogP) is 4.51. The second kappa shape index (κ2) is 7.41. The standard InChI is InChI=1S/C19H16BrN3O2/c1-2-25-18-9-13(8-15(20)19(18)24)7-14(10-21)11-23-12-22-16-5-3-4-6-17(16)23/h3-9,12,24H,2,11H2,1H3/b14-7-. The van der Waals surface area contributed by atoms with Gasteiger partial charge in [-0.05, 0) is 58.8 Å². The van der Waals surface area contributed by atoms with Gasteiger partial charge >= 0.3 is 0 Å². The van der Waals surface area contributed by atoms with Gasteiger partial charge in [-0.3, -0.25) is 0 Å². The number of aromatic hydroxyl groups is 1. The van der Waals surface area contributed by atoms with Gasteiger partial charge in [0.05, 0.1) is 41.1 Å². The van der Waals surface area contributed by atoms with Gasteiger partial charge in [0.1, 0.15) is 0 Å². The maximum atomic E-state index is 10.0. The highest BCUT2D eigenvalue weighted by atomic mass is 79.9. The van der Waals surface area contributed by atoms with Crippen molar-refractivity contribution in [1.29, 1.82) is 5.26 Å². The summed E-state index contributed by atoms with van der Waals surface area (Å²) >= 11 is 3.31. The SMILES string of the molecule is CCOc1cc(/C=C(/C#N)Cn2cnc3ccccc32)cc(Br)c1O. The highest BCUT2D eigenvalue weighted by Gasteiger charge is 2.10. The molecule has 0 aliphatic rings. The third-order valence-corrected chi connectivity index (χ3v) is 4.31. The molecule has 1 aromatic heterocycles. The molecule has 0 saturated carbocycles. The zero-order valence-electron chi connectivity index (χ0n) is 13.6. The van der Waals surface area contributed by atoms with Crippen molar-refractivity contribution in [2.45, 2.75) is 13.5 Å². The zero-order chi connectivity index (χ0) is 17.8. The number of allylic oxidation sites excluding steroid dienone is 1. The average Bonchev–Trinajstić information content (AvgIpc) is 3.02. The van der Waals surface area contributed by atoms with Gasteiger partial charge in [-0.2, -0.15) is 5.26 Å². The van der Waals surface area contributed by atoms with Crippen LogP contribution < -0.4 is 4.74 Å². The number of hydrogen-bond donors (Lipinski definition) is 1. The number of benzene rings is 2. The summed E-state index contributed by atoms with van der Waals surface area (Å²) in [7, 11) is 0. The van der Waals surface area contributed by atoms with Crippen LogP contribution in [0.3, 0.4) is 0 Å². The Morgan fingerprint density at radius 3 is 2.96 bits per heavy atom. The van der Waals surface area contributed by atoms with Crippen LogP contribution in [0.5, 0.6) is 11.5 Å². The Kier molecular flexibility index (Phi) is 5.05. The number of phenolic OH excluding ortho intramolecular Hbond substituents is 1. The van der Waals surface area contributed by atoms with Crippen LogP contribution in [-0.2, 0) is 6.54 Å². The van der Waals surface area contributed by atoms with Crippen LogP contribution in [0, 0.1) is 11.3 Å². The van der Waals surface area contributed by atoms with Crippen molar-refractivity contribution in [2.75, 3.05) is 6.61 Å². The van der Waals surface area contributed by atoms with Gasteiger partial charge in [0.15, 0.2) is 11.5 Å². The summed E-state index contributed by atoms with van der Waals surface area (Å²) in [5.41, 5.74) is 3.22. The number of nitrogens with zero attached hydrogens (tertiary/aromatic N) is 3. The number of hydrogen-bond acceptors (Lipinski definition) is 4. The maximum Gasteiger partial charge on any atom is 0.172 e. The number of imidazole rings is 1. The van der Waals surface area contributed by atoms with E-state index >= 15 is 0 Å². The molecule has 5 nitrogen and oxygen atoms in total. The van der Waals surface area contributed by atoms with Crippen LogP contribution >= 0.6 is 15.9 Å². The number of halogens is 1. The highest BCUT2D eigenvalue weighted by molar-refractivity contribution is 9.10. The molecule has 2 aromatic carbocycles. The van der Waals surface area contributed by atoms with Gasteiger partial charge in [0.25, 0.3) is 0 Å². The molecule has 0 aliphatic carbocycles. The summed E-state index contributed by atoms with van der Waals surface area (Å²) in [5, 5.41) is 19.5. The summed E-state index contributed by atoms with van der Waals surface area (Å²) in [5.74, 6) is 0.437. The summed E-state index contributed by atoms with van der Waals surface area (Å²) in [6, 6.07) is 13.5. The van der Waals surface area contributed by atoms with Gasteiger partial charge in [0, 0.05) is 5.57 Å². The molecule has 0 saturated heterocycles. The van der Waals surface area contributed by atoms with E-state index in [0.29, 0.717) is 28.9 Å². The van der Waals surface area contributed by atoms with Crippen LogP contribution in [0.2, 0.25) is 0 Å². The number of aromatic nitrogens is 2. The van der Waals surface area contributed by atoms with E-state index in [4.69, 9.17) is 4.74 Å². The lowest BCUT2D eigenvalue weighted by Gasteiger charge is -2.09. The average molecular weight is 398 g/mol. The van der Waals surface area contributed by atoms with Crippen molar-refractivity contribution in [2.24, 2.45) is 0 Å². The topological polar surface area (TPSA) is 71.1 Å². The van der Waals surface area contributed by atoms with Crippen molar-refractivity contribution in [3.05, 3.63) is 58.3 Å². The van der Waals surface area contributed by atoms with Gasteiger partial charge in [-0.25, -0.2) is 4.98 Å². The van der Waals surface area contributed by atoms with Crippen molar-refractivity contribution in [3.63, 3.8) is 0 Å². The molecular formula is C19H16BrN3O2. The first-order valence-corrected chi connectivity index (χ1v) is 8.57. The first kappa shape index (κ1) is 17.1. The van der Waals surface area contributed by atoms with E-state index in [9.17, 15) is 10.4 Å². The van der Waals surface area contributed by atoms with Crippen molar-refractivity contribution in [1.82, 2.24) is 9.55 Å². The number of ether oxygens (including phenoxy) is 1. The van der Waals surface area contributed by atoms with Crippen LogP contribution in [0.15, 0.2) is 52.8 Å². The minimum atomic E-state index is 0.0538. The summed E-state index contributed by atoms with van der Waals surface area (Å²) < 4.78 is 7.89. The van der Waals surface area contributed by atoms with Crippen LogP contribution in [-0.4, -0.2) is 21.3 Å².